The lowest BCUT2D eigenvalue weighted by molar-refractivity contribution is -0.122. The molecular weight excluding hydrogens is 266 g/mol. The quantitative estimate of drug-likeness (QED) is 0.853. The zero-order valence-corrected chi connectivity index (χ0v) is 12.8. The van der Waals surface area contributed by atoms with Gasteiger partial charge in [-0.1, -0.05) is 18.2 Å². The van der Waals surface area contributed by atoms with Gasteiger partial charge in [0.25, 0.3) is 0 Å². The second-order valence-electron chi connectivity index (χ2n) is 5.74. The van der Waals surface area contributed by atoms with Crippen molar-refractivity contribution >= 4 is 5.91 Å². The molecule has 0 saturated carbocycles. The molecule has 1 atom stereocenters. The van der Waals surface area contributed by atoms with Crippen molar-refractivity contribution in [3.05, 3.63) is 29.8 Å². The molecule has 1 aromatic carbocycles. The van der Waals surface area contributed by atoms with Crippen LogP contribution in [0.25, 0.3) is 0 Å². The highest BCUT2D eigenvalue weighted by molar-refractivity contribution is 5.76. The van der Waals surface area contributed by atoms with Gasteiger partial charge in [-0.2, -0.15) is 0 Å². The first kappa shape index (κ1) is 15.8. The normalized spacial score (nSPS) is 16.8. The van der Waals surface area contributed by atoms with Crippen LogP contribution >= 0.6 is 0 Å². The molecule has 3 N–H and O–H groups in total. The third-order valence-corrected chi connectivity index (χ3v) is 3.64. The van der Waals surface area contributed by atoms with Crippen LogP contribution in [0.1, 0.15) is 25.8 Å². The monoisotopic (exact) mass is 291 g/mol. The van der Waals surface area contributed by atoms with Crippen LogP contribution in [0.4, 0.5) is 0 Å². The van der Waals surface area contributed by atoms with E-state index in [1.54, 1.807) is 0 Å². The van der Waals surface area contributed by atoms with Crippen molar-refractivity contribution in [2.45, 2.75) is 38.9 Å². The molecule has 0 saturated heterocycles. The number of hydrogen-bond donors (Lipinski definition) is 2. The van der Waals surface area contributed by atoms with Crippen LogP contribution in [-0.2, 0) is 11.3 Å². The number of amides is 1. The second-order valence-corrected chi connectivity index (χ2v) is 5.74. The molecule has 1 heterocycles. The Labute approximate surface area is 126 Å². The summed E-state index contributed by atoms with van der Waals surface area (Å²) in [6, 6.07) is 8.24. The van der Waals surface area contributed by atoms with Gasteiger partial charge in [0.05, 0.1) is 0 Å². The van der Waals surface area contributed by atoms with E-state index in [2.05, 4.69) is 16.3 Å². The van der Waals surface area contributed by atoms with Crippen molar-refractivity contribution in [1.29, 1.82) is 0 Å². The number of fused-ring (bicyclic) bond motifs is 1. The standard InChI is InChI=1S/C16H25N3O2/c1-12(2)18-16(20)9-14(10-17)19-7-8-21-15-6-4-3-5-13(15)11-19/h3-6,12,14H,7-11,17H2,1-2H3,(H,18,20). The number of benzene rings is 1. The Balaban J connectivity index is 2.03. The number of nitrogens with two attached hydrogens (primary N) is 1. The van der Waals surface area contributed by atoms with Gasteiger partial charge in [0.2, 0.25) is 5.91 Å². The fraction of sp³-hybridized carbons (Fsp3) is 0.562. The summed E-state index contributed by atoms with van der Waals surface area (Å²) in [5, 5.41) is 2.93. The number of hydrogen-bond acceptors (Lipinski definition) is 4. The molecule has 5 nitrogen and oxygen atoms in total. The van der Waals surface area contributed by atoms with Gasteiger partial charge in [0.15, 0.2) is 0 Å². The summed E-state index contributed by atoms with van der Waals surface area (Å²) >= 11 is 0. The van der Waals surface area contributed by atoms with E-state index in [0.717, 1.165) is 24.4 Å². The summed E-state index contributed by atoms with van der Waals surface area (Å²) in [6.45, 7) is 6.57. The van der Waals surface area contributed by atoms with Gasteiger partial charge >= 0.3 is 0 Å². The smallest absolute Gasteiger partial charge is 0.221 e. The van der Waals surface area contributed by atoms with E-state index in [1.165, 1.54) is 0 Å². The van der Waals surface area contributed by atoms with E-state index in [-0.39, 0.29) is 18.0 Å². The van der Waals surface area contributed by atoms with E-state index in [9.17, 15) is 4.79 Å². The molecule has 0 fully saturated rings. The molecule has 21 heavy (non-hydrogen) atoms. The van der Waals surface area contributed by atoms with Gasteiger partial charge in [-0.05, 0) is 19.9 Å². The van der Waals surface area contributed by atoms with Gasteiger partial charge in [-0.15, -0.1) is 0 Å². The number of nitrogens with one attached hydrogen (secondary N) is 1. The van der Waals surface area contributed by atoms with Gasteiger partial charge in [-0.3, -0.25) is 9.69 Å². The Morgan fingerprint density at radius 1 is 1.43 bits per heavy atom. The molecule has 1 aliphatic heterocycles. The molecule has 0 spiro atoms. The fourth-order valence-electron chi connectivity index (χ4n) is 2.61. The Hall–Kier alpha value is -1.59. The first-order chi connectivity index (χ1) is 10.1. The molecule has 0 bridgehead atoms. The third kappa shape index (κ3) is 4.44. The Morgan fingerprint density at radius 2 is 2.19 bits per heavy atom. The van der Waals surface area contributed by atoms with Gasteiger partial charge in [0.1, 0.15) is 12.4 Å². The minimum Gasteiger partial charge on any atom is -0.492 e. The highest BCUT2D eigenvalue weighted by Crippen LogP contribution is 2.23. The zero-order chi connectivity index (χ0) is 15.2. The molecule has 0 aromatic heterocycles. The van der Waals surface area contributed by atoms with Crippen molar-refractivity contribution in [3.8, 4) is 5.75 Å². The lowest BCUT2D eigenvalue weighted by Gasteiger charge is -2.29. The summed E-state index contributed by atoms with van der Waals surface area (Å²) in [7, 11) is 0. The Morgan fingerprint density at radius 3 is 2.90 bits per heavy atom. The molecule has 1 amide bonds. The first-order valence-electron chi connectivity index (χ1n) is 7.54. The molecule has 5 heteroatoms. The molecule has 116 valence electrons. The summed E-state index contributed by atoms with van der Waals surface area (Å²) in [5.41, 5.74) is 7.04. The second kappa shape index (κ2) is 7.43. The van der Waals surface area contributed by atoms with Gasteiger partial charge in [0, 0.05) is 43.7 Å². The van der Waals surface area contributed by atoms with Crippen LogP contribution in [0.15, 0.2) is 24.3 Å². The minimum absolute atomic E-state index is 0.0403. The largest absolute Gasteiger partial charge is 0.492 e. The number of carbonyl (C=O) groups excluding carboxylic acids is 1. The van der Waals surface area contributed by atoms with Crippen LogP contribution in [0.2, 0.25) is 0 Å². The summed E-state index contributed by atoms with van der Waals surface area (Å²) in [4.78, 5) is 14.2. The molecule has 1 unspecified atom stereocenters. The summed E-state index contributed by atoms with van der Waals surface area (Å²) in [5.74, 6) is 0.987. The van der Waals surface area contributed by atoms with E-state index >= 15 is 0 Å². The molecule has 1 aromatic rings. The molecule has 2 rings (SSSR count). The van der Waals surface area contributed by atoms with Crippen LogP contribution in [0.5, 0.6) is 5.75 Å². The fourth-order valence-corrected chi connectivity index (χ4v) is 2.61. The molecule has 1 aliphatic rings. The number of carbonyl (C=O) groups is 1. The number of nitrogens with zero attached hydrogens (tertiary/aromatic N) is 1. The maximum absolute atomic E-state index is 12.0. The van der Waals surface area contributed by atoms with Crippen molar-refractivity contribution < 1.29 is 9.53 Å². The minimum atomic E-state index is 0.0403. The van der Waals surface area contributed by atoms with Crippen LogP contribution in [0, 0.1) is 0 Å². The van der Waals surface area contributed by atoms with Crippen molar-refractivity contribution in [1.82, 2.24) is 10.2 Å². The summed E-state index contributed by atoms with van der Waals surface area (Å²) < 4.78 is 5.76. The highest BCUT2D eigenvalue weighted by atomic mass is 16.5. The van der Waals surface area contributed by atoms with Crippen molar-refractivity contribution in [3.63, 3.8) is 0 Å². The van der Waals surface area contributed by atoms with E-state index in [4.69, 9.17) is 10.5 Å². The molecule has 0 radical (unpaired) electrons. The van der Waals surface area contributed by atoms with Gasteiger partial charge in [-0.25, -0.2) is 0 Å². The third-order valence-electron chi connectivity index (χ3n) is 3.64. The van der Waals surface area contributed by atoms with Gasteiger partial charge < -0.3 is 15.8 Å². The Bertz CT molecular complexity index is 476. The molecule has 0 aliphatic carbocycles. The van der Waals surface area contributed by atoms with Crippen LogP contribution in [0.3, 0.4) is 0 Å². The topological polar surface area (TPSA) is 67.6 Å². The van der Waals surface area contributed by atoms with Crippen molar-refractivity contribution in [2.24, 2.45) is 5.73 Å². The lowest BCUT2D eigenvalue weighted by Crippen LogP contribution is -2.45. The SMILES string of the molecule is CC(C)NC(=O)CC(CN)N1CCOc2ccccc2C1. The average Bonchev–Trinajstić information content (AvgIpc) is 2.66. The highest BCUT2D eigenvalue weighted by Gasteiger charge is 2.23. The lowest BCUT2D eigenvalue weighted by atomic mass is 10.1. The van der Waals surface area contributed by atoms with E-state index < -0.39 is 0 Å². The maximum atomic E-state index is 12.0. The Kier molecular flexibility index (Phi) is 5.59. The number of para-hydroxylation sites is 1. The molecular formula is C16H25N3O2. The summed E-state index contributed by atoms with van der Waals surface area (Å²) in [6.07, 6.45) is 0.427. The zero-order valence-electron chi connectivity index (χ0n) is 12.8. The first-order valence-corrected chi connectivity index (χ1v) is 7.54. The number of ether oxygens (including phenoxy) is 1. The van der Waals surface area contributed by atoms with E-state index in [1.807, 2.05) is 32.0 Å². The van der Waals surface area contributed by atoms with Crippen molar-refractivity contribution in [2.75, 3.05) is 19.7 Å². The van der Waals surface area contributed by atoms with Crippen LogP contribution in [-0.4, -0.2) is 42.6 Å². The van der Waals surface area contributed by atoms with Crippen LogP contribution < -0.4 is 15.8 Å². The average molecular weight is 291 g/mol. The predicted molar refractivity (Wildman–Crippen MR) is 83.1 cm³/mol. The predicted octanol–water partition coefficient (Wildman–Crippen LogP) is 1.12. The number of rotatable bonds is 5. The van der Waals surface area contributed by atoms with E-state index in [0.29, 0.717) is 19.6 Å². The maximum Gasteiger partial charge on any atom is 0.221 e.